The van der Waals surface area contributed by atoms with Crippen LogP contribution in [0.15, 0.2) is 18.3 Å². The van der Waals surface area contributed by atoms with Crippen LogP contribution in [-0.2, 0) is 4.79 Å². The number of hydrogen-bond acceptors (Lipinski definition) is 5. The maximum Gasteiger partial charge on any atom is 0.272 e. The Labute approximate surface area is 159 Å². The van der Waals surface area contributed by atoms with Gasteiger partial charge in [-0.25, -0.2) is 0 Å². The number of nitrogens with zero attached hydrogens (tertiary/aromatic N) is 3. The Morgan fingerprint density at radius 1 is 1.22 bits per heavy atom. The van der Waals surface area contributed by atoms with Crippen molar-refractivity contribution >= 4 is 11.8 Å². The van der Waals surface area contributed by atoms with Crippen molar-refractivity contribution < 1.29 is 14.7 Å². The van der Waals surface area contributed by atoms with E-state index in [9.17, 15) is 14.7 Å². The summed E-state index contributed by atoms with van der Waals surface area (Å²) >= 11 is 0. The molecule has 4 rings (SSSR count). The number of piperidine rings is 1. The van der Waals surface area contributed by atoms with Gasteiger partial charge in [0.2, 0.25) is 5.91 Å². The minimum Gasteiger partial charge on any atom is -0.393 e. The highest BCUT2D eigenvalue weighted by molar-refractivity contribution is 5.92. The van der Waals surface area contributed by atoms with Crippen LogP contribution in [0.5, 0.6) is 0 Å². The molecule has 2 saturated heterocycles. The Balaban J connectivity index is 1.44. The summed E-state index contributed by atoms with van der Waals surface area (Å²) in [5.74, 6) is -0.0575. The summed E-state index contributed by atoms with van der Waals surface area (Å²) < 4.78 is 0. The number of carbonyl (C=O) groups excluding carboxylic acids is 2. The lowest BCUT2D eigenvalue weighted by molar-refractivity contribution is -0.135. The SMILES string of the molecule is CN1CCN(C(=O)c2ccc(C3CC4C(O)CCCC4C(=O)N3)cn2)CC1. The van der Waals surface area contributed by atoms with Crippen molar-refractivity contribution in [3.8, 4) is 0 Å². The first-order valence-corrected chi connectivity index (χ1v) is 9.95. The molecular weight excluding hydrogens is 344 g/mol. The molecule has 3 fully saturated rings. The van der Waals surface area contributed by atoms with Crippen LogP contribution in [0.2, 0.25) is 0 Å². The van der Waals surface area contributed by atoms with E-state index in [1.54, 1.807) is 12.3 Å². The monoisotopic (exact) mass is 372 g/mol. The van der Waals surface area contributed by atoms with Gasteiger partial charge >= 0.3 is 0 Å². The second-order valence-corrected chi connectivity index (χ2v) is 8.14. The van der Waals surface area contributed by atoms with Gasteiger partial charge < -0.3 is 20.2 Å². The van der Waals surface area contributed by atoms with E-state index in [4.69, 9.17) is 0 Å². The minimum absolute atomic E-state index is 0.0177. The molecule has 4 unspecified atom stereocenters. The normalized spacial score (nSPS) is 31.9. The molecule has 2 aliphatic heterocycles. The highest BCUT2D eigenvalue weighted by Gasteiger charge is 2.42. The van der Waals surface area contributed by atoms with Crippen LogP contribution in [0.25, 0.3) is 0 Å². The molecule has 1 aromatic rings. The average Bonchev–Trinajstić information content (AvgIpc) is 2.69. The molecule has 4 atom stereocenters. The molecule has 0 bridgehead atoms. The Kier molecular flexibility index (Phi) is 5.14. The fourth-order valence-corrected chi connectivity index (χ4v) is 4.63. The first-order valence-electron chi connectivity index (χ1n) is 9.95. The van der Waals surface area contributed by atoms with Gasteiger partial charge in [-0.15, -0.1) is 0 Å². The first-order chi connectivity index (χ1) is 13.0. The van der Waals surface area contributed by atoms with E-state index in [0.29, 0.717) is 5.69 Å². The molecule has 7 heteroatoms. The van der Waals surface area contributed by atoms with Crippen LogP contribution in [-0.4, -0.2) is 71.0 Å². The summed E-state index contributed by atoms with van der Waals surface area (Å²) in [5.41, 5.74) is 1.34. The van der Waals surface area contributed by atoms with Crippen molar-refractivity contribution in [3.05, 3.63) is 29.6 Å². The number of aliphatic hydroxyl groups excluding tert-OH is 1. The van der Waals surface area contributed by atoms with Gasteiger partial charge in [-0.05, 0) is 43.9 Å². The second kappa shape index (κ2) is 7.56. The van der Waals surface area contributed by atoms with Crippen LogP contribution in [0, 0.1) is 11.8 Å². The van der Waals surface area contributed by atoms with Gasteiger partial charge in [0.25, 0.3) is 5.91 Å². The number of piperazine rings is 1. The van der Waals surface area contributed by atoms with Crippen LogP contribution >= 0.6 is 0 Å². The third-order valence-electron chi connectivity index (χ3n) is 6.39. The first kappa shape index (κ1) is 18.4. The molecule has 1 aliphatic carbocycles. The van der Waals surface area contributed by atoms with Crippen LogP contribution in [0.3, 0.4) is 0 Å². The van der Waals surface area contributed by atoms with Crippen molar-refractivity contribution in [3.63, 3.8) is 0 Å². The molecule has 146 valence electrons. The second-order valence-electron chi connectivity index (χ2n) is 8.14. The van der Waals surface area contributed by atoms with E-state index in [-0.39, 0.29) is 29.7 Å². The standard InChI is InChI=1S/C20H28N4O3/c1-23-7-9-24(10-8-23)20(27)16-6-5-13(12-21-16)17-11-15-14(19(26)22-17)3-2-4-18(15)25/h5-6,12,14-15,17-18,25H,2-4,7-11H2,1H3,(H,22,26). The summed E-state index contributed by atoms with van der Waals surface area (Å²) in [4.78, 5) is 33.5. The summed E-state index contributed by atoms with van der Waals surface area (Å²) in [6.07, 6.45) is 4.57. The molecular formula is C20H28N4O3. The van der Waals surface area contributed by atoms with Crippen LogP contribution in [0.4, 0.5) is 0 Å². The van der Waals surface area contributed by atoms with E-state index in [0.717, 1.165) is 57.4 Å². The third kappa shape index (κ3) is 3.71. The molecule has 3 heterocycles. The highest BCUT2D eigenvalue weighted by atomic mass is 16.3. The zero-order valence-corrected chi connectivity index (χ0v) is 15.8. The molecule has 0 radical (unpaired) electrons. The fraction of sp³-hybridized carbons (Fsp3) is 0.650. The number of aromatic nitrogens is 1. The maximum atomic E-state index is 12.6. The molecule has 7 nitrogen and oxygen atoms in total. The Hall–Kier alpha value is -1.99. The highest BCUT2D eigenvalue weighted by Crippen LogP contribution is 2.40. The van der Waals surface area contributed by atoms with Crippen LogP contribution in [0.1, 0.15) is 47.8 Å². The molecule has 0 aromatic carbocycles. The van der Waals surface area contributed by atoms with Crippen molar-refractivity contribution in [2.45, 2.75) is 37.8 Å². The van der Waals surface area contributed by atoms with Crippen molar-refractivity contribution in [1.82, 2.24) is 20.1 Å². The van der Waals surface area contributed by atoms with Gasteiger partial charge in [0.05, 0.1) is 12.1 Å². The van der Waals surface area contributed by atoms with Gasteiger partial charge in [-0.1, -0.05) is 12.5 Å². The van der Waals surface area contributed by atoms with Crippen molar-refractivity contribution in [1.29, 1.82) is 0 Å². The van der Waals surface area contributed by atoms with Crippen molar-refractivity contribution in [2.24, 2.45) is 11.8 Å². The number of pyridine rings is 1. The average molecular weight is 372 g/mol. The molecule has 3 aliphatic rings. The van der Waals surface area contributed by atoms with Gasteiger partial charge in [0.1, 0.15) is 5.69 Å². The Morgan fingerprint density at radius 2 is 2.00 bits per heavy atom. The zero-order chi connectivity index (χ0) is 19.0. The third-order valence-corrected chi connectivity index (χ3v) is 6.39. The predicted octanol–water partition coefficient (Wildman–Crippen LogP) is 0.807. The fourth-order valence-electron chi connectivity index (χ4n) is 4.63. The molecule has 2 amide bonds. The number of nitrogens with one attached hydrogen (secondary N) is 1. The number of carbonyl (C=O) groups is 2. The van der Waals surface area contributed by atoms with E-state index in [1.165, 1.54) is 0 Å². The number of rotatable bonds is 2. The molecule has 0 spiro atoms. The van der Waals surface area contributed by atoms with E-state index < -0.39 is 6.10 Å². The summed E-state index contributed by atoms with van der Waals surface area (Å²) in [7, 11) is 2.06. The van der Waals surface area contributed by atoms with Crippen LogP contribution < -0.4 is 5.32 Å². The van der Waals surface area contributed by atoms with Crippen molar-refractivity contribution in [2.75, 3.05) is 33.2 Å². The number of aliphatic hydroxyl groups is 1. The topological polar surface area (TPSA) is 85.8 Å². The number of hydrogen-bond donors (Lipinski definition) is 2. The predicted molar refractivity (Wildman–Crippen MR) is 100.0 cm³/mol. The zero-order valence-electron chi connectivity index (χ0n) is 15.8. The summed E-state index contributed by atoms with van der Waals surface area (Å²) in [5, 5.41) is 13.4. The maximum absolute atomic E-state index is 12.6. The lowest BCUT2D eigenvalue weighted by Crippen LogP contribution is -2.49. The Morgan fingerprint density at radius 3 is 2.70 bits per heavy atom. The van der Waals surface area contributed by atoms with Gasteiger partial charge in [0.15, 0.2) is 0 Å². The Bertz CT molecular complexity index is 700. The van der Waals surface area contributed by atoms with Gasteiger partial charge in [-0.2, -0.15) is 0 Å². The summed E-state index contributed by atoms with van der Waals surface area (Å²) in [6.45, 7) is 3.20. The lowest BCUT2D eigenvalue weighted by Gasteiger charge is -2.41. The van der Waals surface area contributed by atoms with E-state index >= 15 is 0 Å². The van der Waals surface area contributed by atoms with E-state index in [2.05, 4.69) is 22.2 Å². The van der Waals surface area contributed by atoms with E-state index in [1.807, 2.05) is 11.0 Å². The van der Waals surface area contributed by atoms with Gasteiger partial charge in [-0.3, -0.25) is 14.6 Å². The summed E-state index contributed by atoms with van der Waals surface area (Å²) in [6, 6.07) is 3.49. The quantitative estimate of drug-likeness (QED) is 0.802. The largest absolute Gasteiger partial charge is 0.393 e. The molecule has 27 heavy (non-hydrogen) atoms. The number of likely N-dealkylation sites (N-methyl/N-ethyl adjacent to an activating group) is 1. The minimum atomic E-state index is -0.400. The number of amides is 2. The number of fused-ring (bicyclic) bond motifs is 1. The molecule has 1 saturated carbocycles. The lowest BCUT2D eigenvalue weighted by atomic mass is 9.71. The van der Waals surface area contributed by atoms with Gasteiger partial charge in [0, 0.05) is 38.3 Å². The molecule has 1 aromatic heterocycles. The smallest absolute Gasteiger partial charge is 0.272 e. The molecule has 2 N–H and O–H groups in total.